The Hall–Kier alpha value is -1.80. The van der Waals surface area contributed by atoms with Gasteiger partial charge in [-0.05, 0) is 55.5 Å². The molecular weight excluding hydrogens is 280 g/mol. The first-order valence-corrected chi connectivity index (χ1v) is 8.92. The molecule has 23 heavy (non-hydrogen) atoms. The number of para-hydroxylation sites is 2. The fraction of sp³-hybridized carbons (Fsp3) is 0.429. The van der Waals surface area contributed by atoms with Gasteiger partial charge in [0.25, 0.3) is 0 Å². The minimum Gasteiger partial charge on any atom is -0.341 e. The van der Waals surface area contributed by atoms with Crippen molar-refractivity contribution in [3.05, 3.63) is 59.7 Å². The molecule has 2 aromatic carbocycles. The van der Waals surface area contributed by atoms with E-state index >= 15 is 0 Å². The van der Waals surface area contributed by atoms with Crippen LogP contribution in [0.5, 0.6) is 0 Å². The average molecular weight is 308 g/mol. The molecule has 3 rings (SSSR count). The monoisotopic (exact) mass is 308 g/mol. The van der Waals surface area contributed by atoms with Crippen molar-refractivity contribution >= 4 is 11.4 Å². The summed E-state index contributed by atoms with van der Waals surface area (Å²) in [5, 5.41) is 3.52. The minimum atomic E-state index is 0.578. The first-order chi connectivity index (χ1) is 11.3. The maximum Gasteiger partial charge on any atom is 0.0443 e. The molecule has 1 N–H and O–H groups in total. The highest BCUT2D eigenvalue weighted by Crippen LogP contribution is 2.35. The van der Waals surface area contributed by atoms with Gasteiger partial charge in [-0.15, -0.1) is 0 Å². The molecule has 0 atom stereocenters. The van der Waals surface area contributed by atoms with Crippen LogP contribution in [0.4, 0.5) is 11.4 Å². The number of nitrogens with zero attached hydrogens (tertiary/aromatic N) is 1. The quantitative estimate of drug-likeness (QED) is 0.778. The van der Waals surface area contributed by atoms with Crippen molar-refractivity contribution in [2.45, 2.75) is 45.6 Å². The van der Waals surface area contributed by atoms with Gasteiger partial charge >= 0.3 is 0 Å². The van der Waals surface area contributed by atoms with Gasteiger partial charge in [-0.3, -0.25) is 0 Å². The number of aryl methyl sites for hydroxylation is 2. The van der Waals surface area contributed by atoms with E-state index in [9.17, 15) is 0 Å². The van der Waals surface area contributed by atoms with Crippen molar-refractivity contribution in [1.82, 2.24) is 5.32 Å². The summed E-state index contributed by atoms with van der Waals surface area (Å²) in [6, 6.07) is 18.4. The van der Waals surface area contributed by atoms with Gasteiger partial charge in [0.1, 0.15) is 0 Å². The van der Waals surface area contributed by atoms with Crippen LogP contribution in [0.3, 0.4) is 0 Å². The van der Waals surface area contributed by atoms with Crippen molar-refractivity contribution in [2.75, 3.05) is 18.0 Å². The standard InChI is InChI=1S/C21H28N2/c1-17(2)22-15-7-8-16-23-20-11-5-3-9-18(20)13-14-19-10-4-6-12-21(19)23/h3-6,9-12,17,22H,7-8,13-16H2,1-2H3. The number of anilines is 2. The Bertz CT molecular complexity index is 586. The zero-order chi connectivity index (χ0) is 16.1. The maximum absolute atomic E-state index is 3.52. The lowest BCUT2D eigenvalue weighted by atomic mass is 10.0. The highest BCUT2D eigenvalue weighted by Gasteiger charge is 2.19. The fourth-order valence-electron chi connectivity index (χ4n) is 3.40. The Kier molecular flexibility index (Phi) is 5.35. The van der Waals surface area contributed by atoms with Crippen molar-refractivity contribution in [1.29, 1.82) is 0 Å². The molecule has 2 nitrogen and oxygen atoms in total. The molecule has 1 heterocycles. The third-order valence-electron chi connectivity index (χ3n) is 4.59. The predicted octanol–water partition coefficient (Wildman–Crippen LogP) is 4.70. The van der Waals surface area contributed by atoms with Crippen LogP contribution in [0, 0.1) is 0 Å². The minimum absolute atomic E-state index is 0.578. The lowest BCUT2D eigenvalue weighted by molar-refractivity contribution is 0.559. The molecule has 2 aromatic rings. The molecule has 0 aromatic heterocycles. The van der Waals surface area contributed by atoms with Gasteiger partial charge in [-0.2, -0.15) is 0 Å². The van der Waals surface area contributed by atoms with Crippen molar-refractivity contribution in [3.8, 4) is 0 Å². The van der Waals surface area contributed by atoms with Crippen LogP contribution in [0.15, 0.2) is 48.5 Å². The second kappa shape index (κ2) is 7.65. The van der Waals surface area contributed by atoms with E-state index in [1.807, 2.05) is 0 Å². The van der Waals surface area contributed by atoms with Crippen molar-refractivity contribution in [3.63, 3.8) is 0 Å². The van der Waals surface area contributed by atoms with E-state index in [1.54, 1.807) is 0 Å². The van der Waals surface area contributed by atoms with Crippen LogP contribution in [0.25, 0.3) is 0 Å². The third-order valence-corrected chi connectivity index (χ3v) is 4.59. The van der Waals surface area contributed by atoms with Gasteiger partial charge in [0.05, 0.1) is 0 Å². The Morgan fingerprint density at radius 1 is 0.870 bits per heavy atom. The van der Waals surface area contributed by atoms with Gasteiger partial charge in [0.15, 0.2) is 0 Å². The highest BCUT2D eigenvalue weighted by atomic mass is 15.1. The summed E-state index contributed by atoms with van der Waals surface area (Å²) in [4.78, 5) is 2.53. The lowest BCUT2D eigenvalue weighted by Crippen LogP contribution is -2.25. The van der Waals surface area contributed by atoms with E-state index in [-0.39, 0.29) is 0 Å². The van der Waals surface area contributed by atoms with E-state index in [4.69, 9.17) is 0 Å². The van der Waals surface area contributed by atoms with E-state index < -0.39 is 0 Å². The number of hydrogen-bond acceptors (Lipinski definition) is 2. The molecule has 0 saturated heterocycles. The molecule has 0 bridgehead atoms. The Morgan fingerprint density at radius 3 is 2.00 bits per heavy atom. The molecule has 0 amide bonds. The van der Waals surface area contributed by atoms with Crippen LogP contribution in [0.1, 0.15) is 37.8 Å². The van der Waals surface area contributed by atoms with Crippen LogP contribution in [0.2, 0.25) is 0 Å². The topological polar surface area (TPSA) is 15.3 Å². The number of rotatable bonds is 6. The Morgan fingerprint density at radius 2 is 1.43 bits per heavy atom. The normalized spacial score (nSPS) is 13.6. The van der Waals surface area contributed by atoms with Crippen molar-refractivity contribution < 1.29 is 0 Å². The second-order valence-electron chi connectivity index (χ2n) is 6.72. The molecule has 0 aliphatic carbocycles. The molecule has 1 aliphatic heterocycles. The summed E-state index contributed by atoms with van der Waals surface area (Å²) in [6.45, 7) is 6.62. The molecule has 0 fully saturated rings. The number of unbranched alkanes of at least 4 members (excludes halogenated alkanes) is 1. The highest BCUT2D eigenvalue weighted by molar-refractivity contribution is 5.71. The zero-order valence-electron chi connectivity index (χ0n) is 14.4. The van der Waals surface area contributed by atoms with E-state index in [1.165, 1.54) is 35.3 Å². The molecular formula is C21H28N2. The number of nitrogens with one attached hydrogen (secondary N) is 1. The van der Waals surface area contributed by atoms with Gasteiger partial charge in [-0.25, -0.2) is 0 Å². The van der Waals surface area contributed by atoms with E-state index in [0.29, 0.717) is 6.04 Å². The molecule has 0 unspecified atom stereocenters. The molecule has 0 spiro atoms. The SMILES string of the molecule is CC(C)NCCCCN1c2ccccc2CCc2ccccc21. The van der Waals surface area contributed by atoms with E-state index in [2.05, 4.69) is 72.6 Å². The fourth-order valence-corrected chi connectivity index (χ4v) is 3.40. The Labute approximate surface area is 140 Å². The average Bonchev–Trinajstić information content (AvgIpc) is 2.72. The van der Waals surface area contributed by atoms with Gasteiger partial charge in [-0.1, -0.05) is 50.2 Å². The predicted molar refractivity (Wildman–Crippen MR) is 99.7 cm³/mol. The summed E-state index contributed by atoms with van der Waals surface area (Å²) >= 11 is 0. The number of benzene rings is 2. The van der Waals surface area contributed by atoms with Crippen LogP contribution in [-0.2, 0) is 12.8 Å². The molecule has 0 saturated carbocycles. The smallest absolute Gasteiger partial charge is 0.0443 e. The van der Waals surface area contributed by atoms with Crippen LogP contribution >= 0.6 is 0 Å². The van der Waals surface area contributed by atoms with E-state index in [0.717, 1.165) is 25.9 Å². The van der Waals surface area contributed by atoms with Gasteiger partial charge in [0, 0.05) is 24.0 Å². The summed E-state index contributed by atoms with van der Waals surface area (Å²) in [5.74, 6) is 0. The van der Waals surface area contributed by atoms with Gasteiger partial charge in [0.2, 0.25) is 0 Å². The van der Waals surface area contributed by atoms with Crippen molar-refractivity contribution in [2.24, 2.45) is 0 Å². The summed E-state index contributed by atoms with van der Waals surface area (Å²) in [5.41, 5.74) is 5.75. The number of hydrogen-bond donors (Lipinski definition) is 1. The first kappa shape index (κ1) is 16.1. The summed E-state index contributed by atoms with van der Waals surface area (Å²) in [7, 11) is 0. The Balaban J connectivity index is 1.77. The maximum atomic E-state index is 3.52. The number of fused-ring (bicyclic) bond motifs is 2. The van der Waals surface area contributed by atoms with Crippen LogP contribution in [-0.4, -0.2) is 19.1 Å². The second-order valence-corrected chi connectivity index (χ2v) is 6.72. The van der Waals surface area contributed by atoms with Crippen LogP contribution < -0.4 is 10.2 Å². The third kappa shape index (κ3) is 3.94. The molecule has 2 heteroatoms. The lowest BCUT2D eigenvalue weighted by Gasteiger charge is -2.27. The summed E-state index contributed by atoms with van der Waals surface area (Å²) < 4.78 is 0. The summed E-state index contributed by atoms with van der Waals surface area (Å²) in [6.07, 6.45) is 4.71. The molecule has 0 radical (unpaired) electrons. The first-order valence-electron chi connectivity index (χ1n) is 8.92. The van der Waals surface area contributed by atoms with Gasteiger partial charge < -0.3 is 10.2 Å². The zero-order valence-corrected chi connectivity index (χ0v) is 14.4. The molecule has 122 valence electrons. The molecule has 1 aliphatic rings. The largest absolute Gasteiger partial charge is 0.341 e.